The Labute approximate surface area is 92.1 Å². The van der Waals surface area contributed by atoms with Crippen molar-refractivity contribution in [3.8, 4) is 0 Å². The summed E-state index contributed by atoms with van der Waals surface area (Å²) in [5.41, 5.74) is 0. The summed E-state index contributed by atoms with van der Waals surface area (Å²) >= 11 is 0. The van der Waals surface area contributed by atoms with Crippen LogP contribution in [-0.4, -0.2) is 50.1 Å². The first-order valence-corrected chi connectivity index (χ1v) is 6.14. The Hall–Kier alpha value is -0.770. The van der Waals surface area contributed by atoms with Crippen LogP contribution < -0.4 is 10.6 Å². The predicted molar refractivity (Wildman–Crippen MR) is 63.1 cm³/mol. The normalized spacial score (nSPS) is 22.7. The highest BCUT2D eigenvalue weighted by Crippen LogP contribution is 2.16. The molecule has 86 valence electrons. The van der Waals surface area contributed by atoms with E-state index in [1.165, 1.54) is 32.5 Å². The highest BCUT2D eigenvalue weighted by atomic mass is 15.3. The van der Waals surface area contributed by atoms with Crippen molar-refractivity contribution in [3.05, 3.63) is 0 Å². The van der Waals surface area contributed by atoms with Gasteiger partial charge in [0.25, 0.3) is 0 Å². The maximum absolute atomic E-state index is 4.46. The molecule has 0 spiro atoms. The minimum atomic E-state index is 0.864. The fourth-order valence-electron chi connectivity index (χ4n) is 2.29. The summed E-state index contributed by atoms with van der Waals surface area (Å²) in [5.74, 6) is 2.00. The van der Waals surface area contributed by atoms with Gasteiger partial charge in [-0.1, -0.05) is 6.92 Å². The summed E-state index contributed by atoms with van der Waals surface area (Å²) in [5, 5.41) is 6.78. The minimum absolute atomic E-state index is 0.864. The molecule has 1 saturated heterocycles. The van der Waals surface area contributed by atoms with Crippen LogP contribution in [0.3, 0.4) is 0 Å². The van der Waals surface area contributed by atoms with Gasteiger partial charge in [0, 0.05) is 19.6 Å². The van der Waals surface area contributed by atoms with E-state index >= 15 is 0 Å². The largest absolute Gasteiger partial charge is 0.354 e. The summed E-state index contributed by atoms with van der Waals surface area (Å²) in [6.07, 6.45) is 2.60. The molecule has 1 fully saturated rings. The Balaban J connectivity index is 1.72. The van der Waals surface area contributed by atoms with Crippen LogP contribution in [0.15, 0.2) is 4.99 Å². The summed E-state index contributed by atoms with van der Waals surface area (Å²) in [6.45, 7) is 8.76. The summed E-state index contributed by atoms with van der Waals surface area (Å²) in [6, 6.07) is 0. The molecule has 0 aliphatic carbocycles. The molecule has 0 aromatic rings. The zero-order valence-corrected chi connectivity index (χ0v) is 9.63. The molecule has 0 atom stereocenters. The van der Waals surface area contributed by atoms with Crippen LogP contribution in [0, 0.1) is 5.92 Å². The molecule has 0 unspecified atom stereocenters. The van der Waals surface area contributed by atoms with Crippen LogP contribution in [0.5, 0.6) is 0 Å². The molecular formula is C11H22N4. The number of nitrogens with zero attached hydrogens (tertiary/aromatic N) is 2. The number of aliphatic imine (C=N–C) groups is 1. The van der Waals surface area contributed by atoms with Crippen LogP contribution in [0.1, 0.15) is 19.8 Å². The molecule has 0 saturated carbocycles. The topological polar surface area (TPSA) is 39.7 Å². The van der Waals surface area contributed by atoms with Crippen molar-refractivity contribution < 1.29 is 0 Å². The monoisotopic (exact) mass is 210 g/mol. The van der Waals surface area contributed by atoms with E-state index in [1.54, 1.807) is 0 Å². The summed E-state index contributed by atoms with van der Waals surface area (Å²) < 4.78 is 0. The molecule has 2 heterocycles. The van der Waals surface area contributed by atoms with Crippen LogP contribution >= 0.6 is 0 Å². The summed E-state index contributed by atoms with van der Waals surface area (Å²) in [7, 11) is 0. The lowest BCUT2D eigenvalue weighted by atomic mass is 9.97. The third kappa shape index (κ3) is 2.84. The molecule has 2 rings (SSSR count). The number of piperidine rings is 1. The number of guanidine groups is 1. The second-order valence-corrected chi connectivity index (χ2v) is 4.37. The van der Waals surface area contributed by atoms with Crippen LogP contribution in [0.4, 0.5) is 0 Å². The van der Waals surface area contributed by atoms with E-state index < -0.39 is 0 Å². The van der Waals surface area contributed by atoms with E-state index in [2.05, 4.69) is 27.4 Å². The molecule has 0 amide bonds. The quantitative estimate of drug-likeness (QED) is 0.702. The van der Waals surface area contributed by atoms with E-state index in [0.29, 0.717) is 0 Å². The fraction of sp³-hybridized carbons (Fsp3) is 0.909. The smallest absolute Gasteiger partial charge is 0.194 e. The van der Waals surface area contributed by atoms with Gasteiger partial charge in [-0.3, -0.25) is 4.99 Å². The number of likely N-dealkylation sites (tertiary alicyclic amines) is 1. The lowest BCUT2D eigenvalue weighted by Crippen LogP contribution is -2.44. The zero-order valence-electron chi connectivity index (χ0n) is 9.63. The molecule has 0 aromatic heterocycles. The summed E-state index contributed by atoms with van der Waals surface area (Å²) in [4.78, 5) is 6.86. The lowest BCUT2D eigenvalue weighted by Gasteiger charge is -2.33. The molecule has 2 N–H and O–H groups in total. The van der Waals surface area contributed by atoms with Gasteiger partial charge in [0.05, 0.1) is 6.54 Å². The highest BCUT2D eigenvalue weighted by molar-refractivity contribution is 5.81. The molecule has 0 aromatic carbocycles. The van der Waals surface area contributed by atoms with Gasteiger partial charge >= 0.3 is 0 Å². The second-order valence-electron chi connectivity index (χ2n) is 4.37. The molecular weight excluding hydrogens is 188 g/mol. The van der Waals surface area contributed by atoms with Crippen molar-refractivity contribution >= 4 is 5.96 Å². The Morgan fingerprint density at radius 1 is 1.47 bits per heavy atom. The maximum atomic E-state index is 4.46. The van der Waals surface area contributed by atoms with E-state index in [-0.39, 0.29) is 0 Å². The minimum Gasteiger partial charge on any atom is -0.354 e. The number of hydrogen-bond acceptors (Lipinski definition) is 4. The molecule has 2 aliphatic rings. The Morgan fingerprint density at radius 3 is 2.87 bits per heavy atom. The van der Waals surface area contributed by atoms with Crippen molar-refractivity contribution in [1.82, 2.24) is 15.5 Å². The van der Waals surface area contributed by atoms with Gasteiger partial charge in [-0.2, -0.15) is 0 Å². The predicted octanol–water partition coefficient (Wildman–Crippen LogP) is 0.267. The van der Waals surface area contributed by atoms with Crippen molar-refractivity contribution in [2.75, 3.05) is 39.3 Å². The van der Waals surface area contributed by atoms with E-state index in [0.717, 1.165) is 31.5 Å². The van der Waals surface area contributed by atoms with Crippen molar-refractivity contribution in [2.45, 2.75) is 19.8 Å². The molecule has 4 nitrogen and oxygen atoms in total. The Kier molecular flexibility index (Phi) is 3.83. The van der Waals surface area contributed by atoms with Gasteiger partial charge in [0.2, 0.25) is 0 Å². The molecule has 2 aliphatic heterocycles. The van der Waals surface area contributed by atoms with Gasteiger partial charge in [-0.25, -0.2) is 0 Å². The van der Waals surface area contributed by atoms with E-state index in [1.807, 2.05) is 0 Å². The highest BCUT2D eigenvalue weighted by Gasteiger charge is 2.22. The first-order chi connectivity index (χ1) is 7.40. The molecule has 4 heteroatoms. The van der Waals surface area contributed by atoms with Crippen LogP contribution in [-0.2, 0) is 0 Å². The lowest BCUT2D eigenvalue weighted by molar-refractivity contribution is 0.257. The standard InChI is InChI=1S/C11H22N4/c1-2-12-9-10-3-7-15(8-4-10)11-13-5-6-14-11/h10,12H,2-9H2,1H3,(H,13,14). The number of nitrogens with one attached hydrogen (secondary N) is 2. The van der Waals surface area contributed by atoms with Crippen molar-refractivity contribution in [1.29, 1.82) is 0 Å². The molecule has 0 bridgehead atoms. The fourth-order valence-corrected chi connectivity index (χ4v) is 2.29. The number of hydrogen-bond donors (Lipinski definition) is 2. The van der Waals surface area contributed by atoms with Gasteiger partial charge in [0.15, 0.2) is 5.96 Å². The zero-order chi connectivity index (χ0) is 10.5. The molecule has 15 heavy (non-hydrogen) atoms. The van der Waals surface area contributed by atoms with Crippen molar-refractivity contribution in [2.24, 2.45) is 10.9 Å². The van der Waals surface area contributed by atoms with Crippen LogP contribution in [0.2, 0.25) is 0 Å². The van der Waals surface area contributed by atoms with Gasteiger partial charge in [-0.15, -0.1) is 0 Å². The van der Waals surface area contributed by atoms with Gasteiger partial charge < -0.3 is 15.5 Å². The van der Waals surface area contributed by atoms with Gasteiger partial charge in [-0.05, 0) is 31.8 Å². The first-order valence-electron chi connectivity index (χ1n) is 6.14. The van der Waals surface area contributed by atoms with Crippen LogP contribution in [0.25, 0.3) is 0 Å². The SMILES string of the molecule is CCNCC1CCN(C2=NCCN2)CC1. The molecule has 0 radical (unpaired) electrons. The van der Waals surface area contributed by atoms with Gasteiger partial charge in [0.1, 0.15) is 0 Å². The maximum Gasteiger partial charge on any atom is 0.194 e. The second kappa shape index (κ2) is 5.35. The third-order valence-corrected chi connectivity index (χ3v) is 3.25. The number of rotatable bonds is 3. The Morgan fingerprint density at radius 2 is 2.27 bits per heavy atom. The average Bonchev–Trinajstić information content (AvgIpc) is 2.80. The van der Waals surface area contributed by atoms with Crippen molar-refractivity contribution in [3.63, 3.8) is 0 Å². The van der Waals surface area contributed by atoms with E-state index in [4.69, 9.17) is 0 Å². The van der Waals surface area contributed by atoms with E-state index in [9.17, 15) is 0 Å². The Bertz CT molecular complexity index is 219. The average molecular weight is 210 g/mol. The third-order valence-electron chi connectivity index (χ3n) is 3.25. The first kappa shape index (κ1) is 10.7.